The van der Waals surface area contributed by atoms with E-state index in [9.17, 15) is 9.59 Å². The largest absolute Gasteiger partial charge is 0.347 e. The van der Waals surface area contributed by atoms with Gasteiger partial charge in [-0.25, -0.2) is 0 Å². The van der Waals surface area contributed by atoms with Gasteiger partial charge in [-0.05, 0) is 57.2 Å². The summed E-state index contributed by atoms with van der Waals surface area (Å²) in [6, 6.07) is 10.8. The summed E-state index contributed by atoms with van der Waals surface area (Å²) in [5.74, 6) is -0.104. The maximum atomic E-state index is 12.3. The summed E-state index contributed by atoms with van der Waals surface area (Å²) in [6.45, 7) is 3.23. The summed E-state index contributed by atoms with van der Waals surface area (Å²) in [5.41, 5.74) is 1.75. The first-order chi connectivity index (χ1) is 12.4. The lowest BCUT2D eigenvalue weighted by Crippen LogP contribution is -2.48. The Balaban J connectivity index is 1.66. The summed E-state index contributed by atoms with van der Waals surface area (Å²) in [5, 5.41) is 2.63. The molecule has 1 saturated carbocycles. The van der Waals surface area contributed by atoms with Crippen LogP contribution in [-0.2, 0) is 15.1 Å². The van der Waals surface area contributed by atoms with Crippen molar-refractivity contribution in [1.82, 2.24) is 15.1 Å². The van der Waals surface area contributed by atoms with Gasteiger partial charge in [0.25, 0.3) is 0 Å². The van der Waals surface area contributed by atoms with E-state index in [1.54, 1.807) is 0 Å². The van der Waals surface area contributed by atoms with Crippen LogP contribution < -0.4 is 5.32 Å². The van der Waals surface area contributed by atoms with Crippen LogP contribution in [-0.4, -0.2) is 55.3 Å². The van der Waals surface area contributed by atoms with E-state index in [-0.39, 0.29) is 29.3 Å². The molecule has 0 unspecified atom stereocenters. The van der Waals surface area contributed by atoms with Crippen molar-refractivity contribution in [3.63, 3.8) is 0 Å². The summed E-state index contributed by atoms with van der Waals surface area (Å²) in [7, 11) is 4.37. The van der Waals surface area contributed by atoms with Gasteiger partial charge >= 0.3 is 0 Å². The average molecular weight is 357 g/mol. The molecule has 0 radical (unpaired) electrons. The number of hydrogen-bond acceptors (Lipinski definition) is 3. The molecule has 0 aromatic heterocycles. The summed E-state index contributed by atoms with van der Waals surface area (Å²) >= 11 is 0. The summed E-state index contributed by atoms with van der Waals surface area (Å²) in [6.07, 6.45) is 5.61. The molecule has 142 valence electrons. The normalized spacial score (nSPS) is 28.5. The van der Waals surface area contributed by atoms with E-state index in [2.05, 4.69) is 54.6 Å². The molecule has 0 bridgehead atoms. The van der Waals surface area contributed by atoms with Gasteiger partial charge in [-0.3, -0.25) is 14.5 Å². The highest BCUT2D eigenvalue weighted by Crippen LogP contribution is 2.51. The Morgan fingerprint density at radius 1 is 1.08 bits per heavy atom. The molecule has 1 N–H and O–H groups in total. The fraction of sp³-hybridized carbons (Fsp3) is 0.619. The first kappa shape index (κ1) is 18.9. The third-order valence-electron chi connectivity index (χ3n) is 6.58. The molecule has 1 aliphatic carbocycles. The van der Waals surface area contributed by atoms with Crippen LogP contribution in [0, 0.1) is 5.41 Å². The number of hydrogen-bond donors (Lipinski definition) is 1. The lowest BCUT2D eigenvalue weighted by atomic mass is 9.64. The minimum atomic E-state index is -0.149. The van der Waals surface area contributed by atoms with Crippen molar-refractivity contribution in [2.45, 2.75) is 44.6 Å². The molecule has 0 atom stereocenters. The van der Waals surface area contributed by atoms with Gasteiger partial charge in [0, 0.05) is 25.6 Å². The molecular weight excluding hydrogens is 326 g/mol. The molecule has 2 fully saturated rings. The molecule has 1 aromatic carbocycles. The Morgan fingerprint density at radius 2 is 1.73 bits per heavy atom. The Hall–Kier alpha value is -1.88. The van der Waals surface area contributed by atoms with Crippen molar-refractivity contribution >= 4 is 11.8 Å². The predicted molar refractivity (Wildman–Crippen MR) is 103 cm³/mol. The van der Waals surface area contributed by atoms with Crippen LogP contribution in [0.15, 0.2) is 30.3 Å². The van der Waals surface area contributed by atoms with Gasteiger partial charge in [0.05, 0.1) is 6.54 Å². The molecule has 1 saturated heterocycles. The number of amides is 2. The summed E-state index contributed by atoms with van der Waals surface area (Å²) in [4.78, 5) is 27.7. The van der Waals surface area contributed by atoms with Crippen molar-refractivity contribution < 1.29 is 9.59 Å². The van der Waals surface area contributed by atoms with E-state index < -0.39 is 0 Å². The van der Waals surface area contributed by atoms with E-state index in [1.165, 1.54) is 12.5 Å². The van der Waals surface area contributed by atoms with Crippen molar-refractivity contribution in [2.24, 2.45) is 5.41 Å². The van der Waals surface area contributed by atoms with Crippen molar-refractivity contribution in [3.8, 4) is 0 Å². The molecule has 1 aromatic rings. The first-order valence-electron chi connectivity index (χ1n) is 9.62. The number of nitrogens with one attached hydrogen (secondary N) is 1. The third-order valence-corrected chi connectivity index (χ3v) is 6.58. The number of likely N-dealkylation sites (tertiary alicyclic amines) is 1. The molecule has 1 heterocycles. The topological polar surface area (TPSA) is 52.7 Å². The molecule has 26 heavy (non-hydrogen) atoms. The Labute approximate surface area is 156 Å². The number of carbonyl (C=O) groups is 2. The lowest BCUT2D eigenvalue weighted by Gasteiger charge is -2.49. The zero-order chi connectivity index (χ0) is 18.8. The number of carbonyl (C=O) groups excluding carboxylic acids is 2. The van der Waals surface area contributed by atoms with Gasteiger partial charge in [0.2, 0.25) is 11.8 Å². The van der Waals surface area contributed by atoms with Gasteiger partial charge in [-0.1, -0.05) is 30.3 Å². The Kier molecular flexibility index (Phi) is 5.37. The SMILES string of the molecule is CC(=O)NCC(=O)N1CC[C@]2(CC[C@@](c3ccccc3)(N(C)C)CC2)C1. The van der Waals surface area contributed by atoms with E-state index in [4.69, 9.17) is 0 Å². The second-order valence-corrected chi connectivity index (χ2v) is 8.27. The number of benzene rings is 1. The molecule has 3 rings (SSSR count). The highest BCUT2D eigenvalue weighted by atomic mass is 16.2. The smallest absolute Gasteiger partial charge is 0.241 e. The van der Waals surface area contributed by atoms with Crippen LogP contribution in [0.2, 0.25) is 0 Å². The maximum absolute atomic E-state index is 12.3. The van der Waals surface area contributed by atoms with Gasteiger partial charge in [0.15, 0.2) is 0 Å². The van der Waals surface area contributed by atoms with Crippen LogP contribution in [0.5, 0.6) is 0 Å². The molecule has 2 amide bonds. The van der Waals surface area contributed by atoms with Crippen molar-refractivity contribution in [1.29, 1.82) is 0 Å². The van der Waals surface area contributed by atoms with E-state index in [0.717, 1.165) is 45.2 Å². The maximum Gasteiger partial charge on any atom is 0.241 e. The second-order valence-electron chi connectivity index (χ2n) is 8.27. The van der Waals surface area contributed by atoms with Crippen LogP contribution in [0.25, 0.3) is 0 Å². The van der Waals surface area contributed by atoms with E-state index >= 15 is 0 Å². The van der Waals surface area contributed by atoms with E-state index in [0.29, 0.717) is 0 Å². The Morgan fingerprint density at radius 3 is 2.31 bits per heavy atom. The van der Waals surface area contributed by atoms with Crippen LogP contribution in [0.4, 0.5) is 0 Å². The quantitative estimate of drug-likeness (QED) is 0.900. The number of rotatable bonds is 4. The molecular formula is C21H31N3O2. The highest BCUT2D eigenvalue weighted by Gasteiger charge is 2.48. The summed E-state index contributed by atoms with van der Waals surface area (Å²) < 4.78 is 0. The minimum Gasteiger partial charge on any atom is -0.347 e. The molecule has 5 heteroatoms. The Bertz CT molecular complexity index is 648. The molecule has 1 spiro atoms. The number of nitrogens with zero attached hydrogens (tertiary/aromatic N) is 2. The van der Waals surface area contributed by atoms with Gasteiger partial charge in [0.1, 0.15) is 0 Å². The standard InChI is InChI=1S/C21H31N3O2/c1-17(25)22-15-19(26)24-14-13-20(16-24)9-11-21(12-10-20,23(2)3)18-7-5-4-6-8-18/h4-8H,9-16H2,1-3H3,(H,22,25)/t20-,21-. The first-order valence-corrected chi connectivity index (χ1v) is 9.62. The van der Waals surface area contributed by atoms with Crippen molar-refractivity contribution in [3.05, 3.63) is 35.9 Å². The van der Waals surface area contributed by atoms with Crippen LogP contribution >= 0.6 is 0 Å². The van der Waals surface area contributed by atoms with Crippen molar-refractivity contribution in [2.75, 3.05) is 33.7 Å². The fourth-order valence-electron chi connectivity index (χ4n) is 4.80. The minimum absolute atomic E-state index is 0.0459. The molecule has 1 aliphatic heterocycles. The predicted octanol–water partition coefficient (Wildman–Crippen LogP) is 2.37. The van der Waals surface area contributed by atoms with Crippen LogP contribution in [0.3, 0.4) is 0 Å². The zero-order valence-electron chi connectivity index (χ0n) is 16.3. The lowest BCUT2D eigenvalue weighted by molar-refractivity contribution is -0.132. The fourth-order valence-corrected chi connectivity index (χ4v) is 4.80. The van der Waals surface area contributed by atoms with Gasteiger partial charge < -0.3 is 10.2 Å². The van der Waals surface area contributed by atoms with E-state index in [1.807, 2.05) is 4.90 Å². The molecule has 5 nitrogen and oxygen atoms in total. The molecule has 2 aliphatic rings. The zero-order valence-corrected chi connectivity index (χ0v) is 16.3. The second kappa shape index (κ2) is 7.39. The van der Waals surface area contributed by atoms with Crippen LogP contribution in [0.1, 0.15) is 44.6 Å². The third kappa shape index (κ3) is 3.63. The highest BCUT2D eigenvalue weighted by molar-refractivity contribution is 5.83. The monoisotopic (exact) mass is 357 g/mol. The van der Waals surface area contributed by atoms with Gasteiger partial charge in [-0.2, -0.15) is 0 Å². The van der Waals surface area contributed by atoms with Gasteiger partial charge in [-0.15, -0.1) is 0 Å². The average Bonchev–Trinajstić information content (AvgIpc) is 3.05.